The molecule has 1 saturated heterocycles. The molecule has 38 heavy (non-hydrogen) atoms. The maximum absolute atomic E-state index is 14.2. The van der Waals surface area contributed by atoms with Crippen molar-refractivity contribution < 1.29 is 8.78 Å². The van der Waals surface area contributed by atoms with Crippen LogP contribution in [0.1, 0.15) is 41.5 Å². The number of benzene rings is 1. The molecule has 1 aliphatic carbocycles. The van der Waals surface area contributed by atoms with Crippen LogP contribution >= 0.6 is 0 Å². The van der Waals surface area contributed by atoms with Gasteiger partial charge in [0.1, 0.15) is 23.8 Å². The summed E-state index contributed by atoms with van der Waals surface area (Å²) in [4.78, 5) is 11.1. The van der Waals surface area contributed by atoms with E-state index in [2.05, 4.69) is 47.9 Å². The van der Waals surface area contributed by atoms with Crippen LogP contribution < -0.4 is 5.43 Å². The van der Waals surface area contributed by atoms with Crippen molar-refractivity contribution in [3.8, 4) is 0 Å². The third-order valence-electron chi connectivity index (χ3n) is 7.55. The molecule has 0 saturated carbocycles. The molecule has 3 atom stereocenters. The lowest BCUT2D eigenvalue weighted by Crippen LogP contribution is -2.34. The first-order valence-corrected chi connectivity index (χ1v) is 12.7. The third-order valence-corrected chi connectivity index (χ3v) is 7.55. The van der Waals surface area contributed by atoms with Crippen molar-refractivity contribution in [3.05, 3.63) is 95.5 Å². The zero-order valence-corrected chi connectivity index (χ0v) is 20.4. The number of halogens is 2. The van der Waals surface area contributed by atoms with Gasteiger partial charge in [-0.25, -0.2) is 23.3 Å². The lowest BCUT2D eigenvalue weighted by molar-refractivity contribution is 0.192. The topological polar surface area (TPSA) is 99.4 Å². The van der Waals surface area contributed by atoms with Crippen molar-refractivity contribution in [2.75, 3.05) is 13.1 Å². The van der Waals surface area contributed by atoms with Gasteiger partial charge in [0.15, 0.2) is 11.5 Å². The average Bonchev–Trinajstić information content (AvgIpc) is 3.70. The number of piperidine rings is 1. The molecule has 2 aliphatic heterocycles. The van der Waals surface area contributed by atoms with Crippen LogP contribution in [0, 0.1) is 17.6 Å². The van der Waals surface area contributed by atoms with Crippen LogP contribution in [0.5, 0.6) is 0 Å². The van der Waals surface area contributed by atoms with E-state index in [0.717, 1.165) is 47.7 Å². The number of allylic oxidation sites excluding steroid dienone is 2. The van der Waals surface area contributed by atoms with E-state index in [1.54, 1.807) is 4.52 Å². The zero-order valence-electron chi connectivity index (χ0n) is 20.4. The van der Waals surface area contributed by atoms with Gasteiger partial charge in [0.05, 0.1) is 11.8 Å². The van der Waals surface area contributed by atoms with Gasteiger partial charge in [-0.3, -0.25) is 10.00 Å². The summed E-state index contributed by atoms with van der Waals surface area (Å²) < 4.78 is 30.1. The number of fused-ring (bicyclic) bond motifs is 2. The number of rotatable bonds is 5. The first-order chi connectivity index (χ1) is 18.6. The Morgan fingerprint density at radius 2 is 2.00 bits per heavy atom. The zero-order chi connectivity index (χ0) is 25.6. The monoisotopic (exact) mass is 513 g/mol. The Bertz CT molecular complexity index is 1580. The van der Waals surface area contributed by atoms with Gasteiger partial charge < -0.3 is 5.43 Å². The van der Waals surface area contributed by atoms with E-state index in [0.29, 0.717) is 12.4 Å². The Hall–Kier alpha value is -4.25. The number of likely N-dealkylation sites (tertiary alicyclic amines) is 1. The van der Waals surface area contributed by atoms with Crippen LogP contribution in [-0.4, -0.2) is 59.5 Å². The Balaban J connectivity index is 1.09. The fourth-order valence-corrected chi connectivity index (χ4v) is 5.56. The van der Waals surface area contributed by atoms with E-state index in [9.17, 15) is 8.78 Å². The summed E-state index contributed by atoms with van der Waals surface area (Å²) in [6, 6.07) is 8.00. The highest BCUT2D eigenvalue weighted by atomic mass is 19.1. The molecule has 3 aromatic heterocycles. The molecule has 0 amide bonds. The molecule has 2 N–H and O–H groups in total. The van der Waals surface area contributed by atoms with Gasteiger partial charge in [-0.1, -0.05) is 24.3 Å². The summed E-state index contributed by atoms with van der Waals surface area (Å²) in [5.74, 6) is 0.553. The first-order valence-electron chi connectivity index (χ1n) is 12.7. The van der Waals surface area contributed by atoms with E-state index in [1.807, 2.05) is 24.4 Å². The SMILES string of the molecule is Fc1cccc(F)c1CN1CCC[C@@H](c2nc(C3=CC4C(c5ccc6ncnn6c5)=NNC4C=C3)n[nH]2)C1. The number of hydrogen-bond donors (Lipinski definition) is 2. The number of hydrogen-bond acceptors (Lipinski definition) is 7. The minimum Gasteiger partial charge on any atom is -0.302 e. The van der Waals surface area contributed by atoms with Crippen LogP contribution in [-0.2, 0) is 6.54 Å². The van der Waals surface area contributed by atoms with Gasteiger partial charge in [0.2, 0.25) is 0 Å². The van der Waals surface area contributed by atoms with Gasteiger partial charge in [-0.05, 0) is 43.7 Å². The van der Waals surface area contributed by atoms with Crippen molar-refractivity contribution in [1.82, 2.24) is 40.1 Å². The molecule has 1 aromatic carbocycles. The summed E-state index contributed by atoms with van der Waals surface area (Å²) in [5, 5.41) is 16.5. The maximum atomic E-state index is 14.2. The highest BCUT2D eigenvalue weighted by Crippen LogP contribution is 2.31. The Morgan fingerprint density at radius 3 is 2.89 bits per heavy atom. The van der Waals surface area contributed by atoms with Crippen LogP contribution in [0.4, 0.5) is 8.78 Å². The Kier molecular flexibility index (Phi) is 5.58. The molecule has 11 heteroatoms. The first kappa shape index (κ1) is 22.9. The second kappa shape index (κ2) is 9.25. The number of aromatic amines is 1. The molecule has 3 aliphatic rings. The third kappa shape index (κ3) is 4.08. The van der Waals surface area contributed by atoms with Crippen LogP contribution in [0.2, 0.25) is 0 Å². The quantitative estimate of drug-likeness (QED) is 0.424. The van der Waals surface area contributed by atoms with Crippen LogP contribution in [0.15, 0.2) is 66.2 Å². The summed E-state index contributed by atoms with van der Waals surface area (Å²) >= 11 is 0. The van der Waals surface area contributed by atoms with E-state index in [-0.39, 0.29) is 30.0 Å². The molecule has 0 spiro atoms. The molecule has 5 heterocycles. The second-order valence-corrected chi connectivity index (χ2v) is 9.96. The molecule has 2 unspecified atom stereocenters. The summed E-state index contributed by atoms with van der Waals surface area (Å²) in [6.45, 7) is 1.69. The second-order valence-electron chi connectivity index (χ2n) is 9.96. The smallest absolute Gasteiger partial charge is 0.180 e. The molecular weight excluding hydrogens is 488 g/mol. The van der Waals surface area contributed by atoms with Gasteiger partial charge >= 0.3 is 0 Å². The van der Waals surface area contributed by atoms with Gasteiger partial charge in [0, 0.05) is 47.8 Å². The Labute approximate surface area is 217 Å². The molecule has 9 nitrogen and oxygen atoms in total. The minimum absolute atomic E-state index is 0.0266. The highest BCUT2D eigenvalue weighted by molar-refractivity contribution is 6.06. The average molecular weight is 514 g/mol. The number of aromatic nitrogens is 6. The van der Waals surface area contributed by atoms with E-state index in [1.165, 1.54) is 24.5 Å². The van der Waals surface area contributed by atoms with Crippen LogP contribution in [0.25, 0.3) is 11.2 Å². The summed E-state index contributed by atoms with van der Waals surface area (Å²) in [7, 11) is 0. The number of pyridine rings is 1. The molecule has 0 bridgehead atoms. The van der Waals surface area contributed by atoms with Crippen molar-refractivity contribution in [3.63, 3.8) is 0 Å². The largest absolute Gasteiger partial charge is 0.302 e. The summed E-state index contributed by atoms with van der Waals surface area (Å²) in [5.41, 5.74) is 6.93. The predicted octanol–water partition coefficient (Wildman–Crippen LogP) is 3.45. The molecule has 7 rings (SSSR count). The number of H-pyrrole nitrogens is 1. The van der Waals surface area contributed by atoms with Crippen LogP contribution in [0.3, 0.4) is 0 Å². The van der Waals surface area contributed by atoms with E-state index in [4.69, 9.17) is 4.98 Å². The maximum Gasteiger partial charge on any atom is 0.180 e. The minimum atomic E-state index is -0.506. The molecule has 0 radical (unpaired) electrons. The normalized spacial score (nSPS) is 23.3. The van der Waals surface area contributed by atoms with Gasteiger partial charge in [0.25, 0.3) is 0 Å². The van der Waals surface area contributed by atoms with Gasteiger partial charge in [-0.15, -0.1) is 0 Å². The van der Waals surface area contributed by atoms with Gasteiger partial charge in [-0.2, -0.15) is 15.3 Å². The molecule has 192 valence electrons. The Morgan fingerprint density at radius 1 is 1.11 bits per heavy atom. The highest BCUT2D eigenvalue weighted by Gasteiger charge is 2.33. The van der Waals surface area contributed by atoms with Crippen molar-refractivity contribution >= 4 is 16.9 Å². The number of nitrogens with one attached hydrogen (secondary N) is 2. The van der Waals surface area contributed by atoms with Crippen molar-refractivity contribution in [1.29, 1.82) is 0 Å². The van der Waals surface area contributed by atoms with Crippen molar-refractivity contribution in [2.45, 2.75) is 31.3 Å². The molecule has 4 aromatic rings. The fraction of sp³-hybridized carbons (Fsp3) is 0.296. The molecular formula is C27H25F2N9. The molecule has 1 fully saturated rings. The van der Waals surface area contributed by atoms with E-state index < -0.39 is 11.6 Å². The fourth-order valence-electron chi connectivity index (χ4n) is 5.56. The number of nitrogens with zero attached hydrogens (tertiary/aromatic N) is 7. The lowest BCUT2D eigenvalue weighted by atomic mass is 9.86. The van der Waals surface area contributed by atoms with Crippen molar-refractivity contribution in [2.24, 2.45) is 11.0 Å². The van der Waals surface area contributed by atoms with E-state index >= 15 is 0 Å². The standard InChI is InChI=1S/C27H25F2N9/c28-21-4-1-5-22(29)20(21)14-37-10-2-3-18(12-37)27-32-26(35-36-27)16-6-8-23-19(11-16)25(34-33-23)17-7-9-24-30-15-31-38(24)13-17/h1,4-9,11,13,15,18-19,23,33H,2-3,10,12,14H2,(H,32,35,36)/t18-,19?,23?/m1/s1. The summed E-state index contributed by atoms with van der Waals surface area (Å²) in [6.07, 6.45) is 11.6. The lowest BCUT2D eigenvalue weighted by Gasteiger charge is -2.31. The number of hydrazone groups is 1. The predicted molar refractivity (Wildman–Crippen MR) is 137 cm³/mol.